The highest BCUT2D eigenvalue weighted by Gasteiger charge is 2.34. The Bertz CT molecular complexity index is 640. The molecule has 0 saturated carbocycles. The molecule has 0 fully saturated rings. The lowest BCUT2D eigenvalue weighted by Gasteiger charge is -2.13. The summed E-state index contributed by atoms with van der Waals surface area (Å²) in [5, 5.41) is 0. The highest BCUT2D eigenvalue weighted by molar-refractivity contribution is 7.16. The Kier molecular flexibility index (Phi) is 7.55. The van der Waals surface area contributed by atoms with Crippen LogP contribution in [0.1, 0.15) is 29.0 Å². The predicted octanol–water partition coefficient (Wildman–Crippen LogP) is 3.46. The minimum Gasteiger partial charge on any atom is -0.343 e. The fourth-order valence-electron chi connectivity index (χ4n) is 1.97. The summed E-state index contributed by atoms with van der Waals surface area (Å²) in [7, 11) is 6.82. The van der Waals surface area contributed by atoms with E-state index in [9.17, 15) is 18.0 Å². The van der Waals surface area contributed by atoms with Crippen LogP contribution in [0.25, 0.3) is 5.57 Å². The Morgan fingerprint density at radius 2 is 1.96 bits per heavy atom. The summed E-state index contributed by atoms with van der Waals surface area (Å²) in [6, 6.07) is 4.76. The van der Waals surface area contributed by atoms with Crippen molar-refractivity contribution in [1.29, 1.82) is 0 Å². The molecule has 0 spiro atoms. The molecule has 1 aromatic rings. The van der Waals surface area contributed by atoms with Crippen LogP contribution in [0.3, 0.4) is 0 Å². The second-order valence-corrected chi connectivity index (χ2v) is 5.85. The molecule has 1 heterocycles. The number of hydrogen-bond donors (Lipinski definition) is 0. The van der Waals surface area contributed by atoms with Gasteiger partial charge >= 0.3 is 6.18 Å². The number of rotatable bonds is 6. The Hall–Kier alpha value is -1.75. The molecule has 1 rings (SSSR count). The minimum absolute atomic E-state index is 0.191. The summed E-state index contributed by atoms with van der Waals surface area (Å²) in [5.41, 5.74) is -0.0148. The Morgan fingerprint density at radius 3 is 2.46 bits per heavy atom. The van der Waals surface area contributed by atoms with Crippen molar-refractivity contribution in [3.63, 3.8) is 0 Å². The number of alkyl halides is 3. The number of aliphatic imine (C=N–C) groups is 1. The van der Waals surface area contributed by atoms with E-state index in [0.717, 1.165) is 19.3 Å². The first-order valence-corrected chi connectivity index (χ1v) is 8.16. The molecule has 0 radical (unpaired) electrons. The molecule has 0 aromatic carbocycles. The third kappa shape index (κ3) is 5.71. The number of amides is 1. The van der Waals surface area contributed by atoms with Crippen LogP contribution in [-0.2, 0) is 0 Å². The molecule has 1 amide bonds. The standard InChI is InChI=1S/C16H21F3N3OP/c1-20-14(16(17,18)19)10-11(6-5-9-24)12-7-4-8-13(21-12)15(23)22(2)3/h4,7-8,10H,5-6,9,24H2,1-3H3/b11-10+,20-14?. The maximum absolute atomic E-state index is 13.0. The first-order valence-electron chi connectivity index (χ1n) is 7.34. The first kappa shape index (κ1) is 20.3. The number of carbonyl (C=O) groups excluding carboxylic acids is 1. The van der Waals surface area contributed by atoms with Gasteiger partial charge in [-0.05, 0) is 42.8 Å². The fourth-order valence-corrected chi connectivity index (χ4v) is 2.17. The number of carbonyl (C=O) groups is 1. The molecule has 0 aliphatic heterocycles. The smallest absolute Gasteiger partial charge is 0.343 e. The minimum atomic E-state index is -4.53. The van der Waals surface area contributed by atoms with E-state index in [1.807, 2.05) is 0 Å². The second kappa shape index (κ2) is 8.92. The lowest BCUT2D eigenvalue weighted by Crippen LogP contribution is -2.23. The van der Waals surface area contributed by atoms with Crippen LogP contribution in [-0.4, -0.2) is 55.0 Å². The third-order valence-corrected chi connectivity index (χ3v) is 3.60. The van der Waals surface area contributed by atoms with Crippen molar-refractivity contribution >= 4 is 26.4 Å². The summed E-state index contributed by atoms with van der Waals surface area (Å²) >= 11 is 0. The first-order chi connectivity index (χ1) is 11.2. The molecule has 0 bridgehead atoms. The topological polar surface area (TPSA) is 45.6 Å². The van der Waals surface area contributed by atoms with Gasteiger partial charge < -0.3 is 4.90 Å². The molecule has 1 unspecified atom stereocenters. The summed E-state index contributed by atoms with van der Waals surface area (Å²) < 4.78 is 38.9. The molecule has 0 aliphatic rings. The van der Waals surface area contributed by atoms with Crippen molar-refractivity contribution in [3.8, 4) is 0 Å². The molecule has 132 valence electrons. The van der Waals surface area contributed by atoms with Crippen molar-refractivity contribution < 1.29 is 18.0 Å². The largest absolute Gasteiger partial charge is 0.432 e. The Balaban J connectivity index is 3.31. The molecule has 0 aliphatic carbocycles. The molecule has 24 heavy (non-hydrogen) atoms. The lowest BCUT2D eigenvalue weighted by molar-refractivity contribution is -0.0577. The van der Waals surface area contributed by atoms with Crippen molar-refractivity contribution in [2.24, 2.45) is 4.99 Å². The lowest BCUT2D eigenvalue weighted by atomic mass is 10.0. The maximum Gasteiger partial charge on any atom is 0.432 e. The molecule has 0 saturated heterocycles. The number of halogens is 3. The van der Waals surface area contributed by atoms with Gasteiger partial charge in [0.1, 0.15) is 11.4 Å². The van der Waals surface area contributed by atoms with E-state index in [1.165, 1.54) is 11.0 Å². The average molecular weight is 359 g/mol. The third-order valence-electron chi connectivity index (χ3n) is 3.20. The van der Waals surface area contributed by atoms with E-state index in [-0.39, 0.29) is 11.6 Å². The van der Waals surface area contributed by atoms with Gasteiger partial charge in [0.25, 0.3) is 5.91 Å². The van der Waals surface area contributed by atoms with Gasteiger partial charge in [0.15, 0.2) is 0 Å². The van der Waals surface area contributed by atoms with Crippen LogP contribution in [0.15, 0.2) is 29.3 Å². The summed E-state index contributed by atoms with van der Waals surface area (Å²) in [6.45, 7) is 0. The van der Waals surface area contributed by atoms with Gasteiger partial charge in [0, 0.05) is 21.1 Å². The SMILES string of the molecule is CN=C(/C=C(\CCCP)c1cccc(C(=O)N(C)C)n1)C(F)(F)F. The fraction of sp³-hybridized carbons (Fsp3) is 0.438. The van der Waals surface area contributed by atoms with Gasteiger partial charge in [-0.2, -0.15) is 13.2 Å². The van der Waals surface area contributed by atoms with Gasteiger partial charge in [-0.3, -0.25) is 9.79 Å². The normalized spacial score (nSPS) is 13.1. The van der Waals surface area contributed by atoms with E-state index in [2.05, 4.69) is 19.2 Å². The molecule has 4 nitrogen and oxygen atoms in total. The van der Waals surface area contributed by atoms with Crippen molar-refractivity contribution in [2.75, 3.05) is 27.3 Å². The van der Waals surface area contributed by atoms with E-state index in [0.29, 0.717) is 24.1 Å². The molecule has 1 atom stereocenters. The number of aromatic nitrogens is 1. The average Bonchev–Trinajstić information content (AvgIpc) is 2.53. The maximum atomic E-state index is 13.0. The van der Waals surface area contributed by atoms with Crippen LogP contribution in [0.4, 0.5) is 13.2 Å². The van der Waals surface area contributed by atoms with Gasteiger partial charge in [-0.1, -0.05) is 6.07 Å². The zero-order chi connectivity index (χ0) is 18.3. The molecule has 0 N–H and O–H groups in total. The predicted molar refractivity (Wildman–Crippen MR) is 93.5 cm³/mol. The van der Waals surface area contributed by atoms with E-state index in [1.54, 1.807) is 26.2 Å². The summed E-state index contributed by atoms with van der Waals surface area (Å²) in [5.74, 6) is -0.303. The quantitative estimate of drug-likeness (QED) is 0.577. The number of hydrogen-bond acceptors (Lipinski definition) is 3. The summed E-state index contributed by atoms with van der Waals surface area (Å²) in [6.07, 6.45) is -1.69. The molecular weight excluding hydrogens is 338 g/mol. The summed E-state index contributed by atoms with van der Waals surface area (Å²) in [4.78, 5) is 20.9. The zero-order valence-electron chi connectivity index (χ0n) is 13.9. The van der Waals surface area contributed by atoms with Gasteiger partial charge in [0.05, 0.1) is 5.69 Å². The highest BCUT2D eigenvalue weighted by atomic mass is 31.0. The Labute approximate surface area is 142 Å². The number of allylic oxidation sites excluding steroid dienone is 2. The van der Waals surface area contributed by atoms with Crippen LogP contribution in [0.5, 0.6) is 0 Å². The highest BCUT2D eigenvalue weighted by Crippen LogP contribution is 2.25. The van der Waals surface area contributed by atoms with E-state index >= 15 is 0 Å². The van der Waals surface area contributed by atoms with Crippen LogP contribution in [0, 0.1) is 0 Å². The van der Waals surface area contributed by atoms with Crippen LogP contribution < -0.4 is 0 Å². The van der Waals surface area contributed by atoms with Gasteiger partial charge in [0.2, 0.25) is 0 Å². The van der Waals surface area contributed by atoms with Gasteiger partial charge in [-0.25, -0.2) is 4.98 Å². The Morgan fingerprint density at radius 1 is 1.33 bits per heavy atom. The van der Waals surface area contributed by atoms with E-state index in [4.69, 9.17) is 0 Å². The van der Waals surface area contributed by atoms with Crippen molar-refractivity contribution in [1.82, 2.24) is 9.88 Å². The van der Waals surface area contributed by atoms with Crippen LogP contribution >= 0.6 is 9.24 Å². The molecule has 8 heteroatoms. The van der Waals surface area contributed by atoms with Crippen molar-refractivity contribution in [3.05, 3.63) is 35.7 Å². The van der Waals surface area contributed by atoms with E-state index < -0.39 is 11.9 Å². The molecule has 1 aromatic heterocycles. The van der Waals surface area contributed by atoms with Crippen molar-refractivity contribution in [2.45, 2.75) is 19.0 Å². The van der Waals surface area contributed by atoms with Crippen LogP contribution in [0.2, 0.25) is 0 Å². The molecular formula is C16H21F3N3OP. The number of pyridine rings is 1. The monoisotopic (exact) mass is 359 g/mol. The second-order valence-electron chi connectivity index (χ2n) is 5.28. The number of nitrogens with zero attached hydrogens (tertiary/aromatic N) is 3. The zero-order valence-corrected chi connectivity index (χ0v) is 15.0. The van der Waals surface area contributed by atoms with Gasteiger partial charge in [-0.15, -0.1) is 9.24 Å².